The predicted molar refractivity (Wildman–Crippen MR) is 73.8 cm³/mol. The molecule has 0 fully saturated rings. The third-order valence-corrected chi connectivity index (χ3v) is 3.21. The van der Waals surface area contributed by atoms with E-state index in [1.54, 1.807) is 12.4 Å². The Balaban J connectivity index is 2.01. The second-order valence-electron chi connectivity index (χ2n) is 4.52. The van der Waals surface area contributed by atoms with Crippen molar-refractivity contribution in [1.82, 2.24) is 4.98 Å². The van der Waals surface area contributed by atoms with E-state index in [9.17, 15) is 5.11 Å². The summed E-state index contributed by atoms with van der Waals surface area (Å²) in [5.74, 6) is 0. The Morgan fingerprint density at radius 2 is 2.11 bits per heavy atom. The molecule has 94 valence electrons. The maximum Gasteiger partial charge on any atom is 0.0622 e. The summed E-state index contributed by atoms with van der Waals surface area (Å²) in [6.45, 7) is 2.05. The van der Waals surface area contributed by atoms with E-state index in [-0.39, 0.29) is 0 Å². The zero-order valence-electron chi connectivity index (χ0n) is 10.3. The fourth-order valence-electron chi connectivity index (χ4n) is 2.01. The van der Waals surface area contributed by atoms with Gasteiger partial charge in [-0.2, -0.15) is 0 Å². The van der Waals surface area contributed by atoms with Crippen LogP contribution in [0.2, 0.25) is 5.02 Å². The van der Waals surface area contributed by atoms with Crippen molar-refractivity contribution >= 4 is 11.6 Å². The number of hydrogen-bond donors (Lipinski definition) is 1. The molecule has 0 aliphatic carbocycles. The highest BCUT2D eigenvalue weighted by atomic mass is 35.5. The molecule has 2 aromatic rings. The molecule has 1 unspecified atom stereocenters. The van der Waals surface area contributed by atoms with Crippen LogP contribution in [-0.2, 0) is 12.8 Å². The maximum atomic E-state index is 10.1. The molecule has 1 aromatic carbocycles. The first-order valence-electron chi connectivity index (χ1n) is 5.97. The number of aryl methyl sites for hydroxylation is 1. The van der Waals surface area contributed by atoms with Crippen LogP contribution in [0.5, 0.6) is 0 Å². The molecule has 1 N–H and O–H groups in total. The zero-order chi connectivity index (χ0) is 13.0. The van der Waals surface area contributed by atoms with Crippen molar-refractivity contribution in [2.75, 3.05) is 0 Å². The quantitative estimate of drug-likeness (QED) is 0.917. The lowest BCUT2D eigenvalue weighted by Crippen LogP contribution is -2.14. The van der Waals surface area contributed by atoms with Crippen LogP contribution >= 0.6 is 11.6 Å². The summed E-state index contributed by atoms with van der Waals surface area (Å²) in [5.41, 5.74) is 3.29. The fourth-order valence-corrected chi connectivity index (χ4v) is 2.20. The Morgan fingerprint density at radius 3 is 2.83 bits per heavy atom. The van der Waals surface area contributed by atoms with Gasteiger partial charge in [-0.15, -0.1) is 0 Å². The van der Waals surface area contributed by atoms with Crippen LogP contribution < -0.4 is 0 Å². The van der Waals surface area contributed by atoms with Gasteiger partial charge in [0.2, 0.25) is 0 Å². The summed E-state index contributed by atoms with van der Waals surface area (Å²) in [7, 11) is 0. The molecule has 18 heavy (non-hydrogen) atoms. The molecule has 0 bridgehead atoms. The highest BCUT2D eigenvalue weighted by molar-refractivity contribution is 6.31. The lowest BCUT2D eigenvalue weighted by Gasteiger charge is -2.12. The minimum atomic E-state index is -0.424. The third kappa shape index (κ3) is 3.56. The summed E-state index contributed by atoms with van der Waals surface area (Å²) in [6.07, 6.45) is 4.07. The molecular formula is C15H16ClNO. The fraction of sp³-hybridized carbons (Fsp3) is 0.267. The van der Waals surface area contributed by atoms with Gasteiger partial charge in [-0.3, -0.25) is 4.98 Å². The Morgan fingerprint density at radius 1 is 1.28 bits per heavy atom. The lowest BCUT2D eigenvalue weighted by atomic mass is 10.0. The number of nitrogens with zero attached hydrogens (tertiary/aromatic N) is 1. The van der Waals surface area contributed by atoms with Crippen LogP contribution in [0.25, 0.3) is 0 Å². The summed E-state index contributed by atoms with van der Waals surface area (Å²) in [6, 6.07) is 10.0. The van der Waals surface area contributed by atoms with Crippen molar-refractivity contribution in [1.29, 1.82) is 0 Å². The first-order valence-corrected chi connectivity index (χ1v) is 6.35. The van der Waals surface area contributed by atoms with Gasteiger partial charge in [0.1, 0.15) is 0 Å². The predicted octanol–water partition coefficient (Wildman–Crippen LogP) is 3.19. The summed E-state index contributed by atoms with van der Waals surface area (Å²) in [4.78, 5) is 3.93. The number of halogens is 1. The normalized spacial score (nSPS) is 12.4. The third-order valence-electron chi connectivity index (χ3n) is 2.87. The minimum absolute atomic E-state index is 0.424. The van der Waals surface area contributed by atoms with E-state index < -0.39 is 6.10 Å². The highest BCUT2D eigenvalue weighted by Gasteiger charge is 2.09. The van der Waals surface area contributed by atoms with E-state index in [2.05, 4.69) is 24.0 Å². The molecule has 0 amide bonds. The van der Waals surface area contributed by atoms with Gasteiger partial charge in [-0.1, -0.05) is 41.4 Å². The van der Waals surface area contributed by atoms with E-state index in [4.69, 9.17) is 11.6 Å². The molecule has 1 heterocycles. The molecular weight excluding hydrogens is 246 g/mol. The molecule has 1 atom stereocenters. The van der Waals surface area contributed by atoms with Crippen LogP contribution in [0.4, 0.5) is 0 Å². The van der Waals surface area contributed by atoms with E-state index in [0.717, 1.165) is 11.1 Å². The van der Waals surface area contributed by atoms with Crippen molar-refractivity contribution in [2.24, 2.45) is 0 Å². The second kappa shape index (κ2) is 5.98. The van der Waals surface area contributed by atoms with Gasteiger partial charge in [0, 0.05) is 18.8 Å². The molecule has 3 heteroatoms. The van der Waals surface area contributed by atoms with Gasteiger partial charge < -0.3 is 5.11 Å². The van der Waals surface area contributed by atoms with Gasteiger partial charge in [0.15, 0.2) is 0 Å². The maximum absolute atomic E-state index is 10.1. The molecule has 0 radical (unpaired) electrons. The van der Waals surface area contributed by atoms with Crippen molar-refractivity contribution in [2.45, 2.75) is 25.9 Å². The Labute approximate surface area is 112 Å². The van der Waals surface area contributed by atoms with Gasteiger partial charge in [0.05, 0.1) is 11.1 Å². The molecule has 2 nitrogen and oxygen atoms in total. The molecule has 2 rings (SSSR count). The van der Waals surface area contributed by atoms with Gasteiger partial charge in [-0.25, -0.2) is 0 Å². The molecule has 0 saturated heterocycles. The number of rotatable bonds is 4. The van der Waals surface area contributed by atoms with Crippen molar-refractivity contribution in [3.8, 4) is 0 Å². The van der Waals surface area contributed by atoms with E-state index in [1.165, 1.54) is 5.56 Å². The topological polar surface area (TPSA) is 33.1 Å². The Bertz CT molecular complexity index is 527. The Hall–Kier alpha value is -1.38. The lowest BCUT2D eigenvalue weighted by molar-refractivity contribution is 0.175. The SMILES string of the molecule is Cc1cccc(CC(O)Cc2ccncc2Cl)c1. The molecule has 0 spiro atoms. The van der Waals surface area contributed by atoms with Gasteiger partial charge in [-0.05, 0) is 30.5 Å². The number of aliphatic hydroxyl groups is 1. The molecule has 0 saturated carbocycles. The number of pyridine rings is 1. The first kappa shape index (κ1) is 13.1. The average molecular weight is 262 g/mol. The number of hydrogen-bond acceptors (Lipinski definition) is 2. The zero-order valence-corrected chi connectivity index (χ0v) is 11.1. The highest BCUT2D eigenvalue weighted by Crippen LogP contribution is 2.17. The van der Waals surface area contributed by atoms with Crippen molar-refractivity contribution in [3.63, 3.8) is 0 Å². The number of aliphatic hydroxyl groups excluding tert-OH is 1. The van der Waals surface area contributed by atoms with Crippen molar-refractivity contribution < 1.29 is 5.11 Å². The van der Waals surface area contributed by atoms with Crippen molar-refractivity contribution in [3.05, 3.63) is 64.4 Å². The monoisotopic (exact) mass is 261 g/mol. The van der Waals surface area contributed by atoms with E-state index >= 15 is 0 Å². The van der Waals surface area contributed by atoms with Crippen LogP contribution in [0, 0.1) is 6.92 Å². The van der Waals surface area contributed by atoms with Crippen LogP contribution in [0.1, 0.15) is 16.7 Å². The van der Waals surface area contributed by atoms with Crippen LogP contribution in [0.15, 0.2) is 42.7 Å². The summed E-state index contributed by atoms with van der Waals surface area (Å²) < 4.78 is 0. The van der Waals surface area contributed by atoms with Crippen LogP contribution in [0.3, 0.4) is 0 Å². The van der Waals surface area contributed by atoms with Gasteiger partial charge >= 0.3 is 0 Å². The summed E-state index contributed by atoms with van der Waals surface area (Å²) >= 11 is 6.02. The summed E-state index contributed by atoms with van der Waals surface area (Å²) in [5, 5.41) is 10.7. The van der Waals surface area contributed by atoms with E-state index in [1.807, 2.05) is 18.2 Å². The standard InChI is InChI=1S/C15H16ClNO/c1-11-3-2-4-12(7-11)8-14(18)9-13-5-6-17-10-15(13)16/h2-7,10,14,18H,8-9H2,1H3. The van der Waals surface area contributed by atoms with E-state index in [0.29, 0.717) is 17.9 Å². The largest absolute Gasteiger partial charge is 0.392 e. The first-order chi connectivity index (χ1) is 8.65. The average Bonchev–Trinajstić information content (AvgIpc) is 2.32. The minimum Gasteiger partial charge on any atom is -0.392 e. The number of aromatic nitrogens is 1. The molecule has 1 aromatic heterocycles. The smallest absolute Gasteiger partial charge is 0.0622 e. The number of benzene rings is 1. The van der Waals surface area contributed by atoms with Gasteiger partial charge in [0.25, 0.3) is 0 Å². The second-order valence-corrected chi connectivity index (χ2v) is 4.93. The molecule has 0 aliphatic rings. The molecule has 0 aliphatic heterocycles. The Kier molecular flexibility index (Phi) is 4.34. The van der Waals surface area contributed by atoms with Crippen LogP contribution in [-0.4, -0.2) is 16.2 Å².